The molecular weight excluding hydrogens is 336 g/mol. The lowest BCUT2D eigenvalue weighted by Gasteiger charge is -2.34. The fourth-order valence-corrected chi connectivity index (χ4v) is 3.25. The first kappa shape index (κ1) is 19.7. The number of nitrogens with zero attached hydrogens (tertiary/aromatic N) is 2. The second-order valence-corrected chi connectivity index (χ2v) is 7.25. The molecule has 6 nitrogen and oxygen atoms in total. The summed E-state index contributed by atoms with van der Waals surface area (Å²) < 4.78 is 5.39. The quantitative estimate of drug-likeness (QED) is 0.418. The molecule has 1 aliphatic heterocycles. The van der Waals surface area contributed by atoms with E-state index < -0.39 is 0 Å². The van der Waals surface area contributed by atoms with Gasteiger partial charge < -0.3 is 20.0 Å². The molecule has 1 fully saturated rings. The Bertz CT molecular complexity index is 525. The number of aliphatic imine (C=N–C) groups is 1. The van der Waals surface area contributed by atoms with Crippen molar-refractivity contribution in [2.75, 3.05) is 45.2 Å². The van der Waals surface area contributed by atoms with Crippen LogP contribution in [0.5, 0.6) is 0 Å². The van der Waals surface area contributed by atoms with Crippen molar-refractivity contribution in [2.45, 2.75) is 25.7 Å². The Labute approximate surface area is 154 Å². The number of nitrogens with one attached hydrogen (secondary N) is 2. The third-order valence-corrected chi connectivity index (χ3v) is 5.05. The summed E-state index contributed by atoms with van der Waals surface area (Å²) in [4.78, 5) is 18.6. The third kappa shape index (κ3) is 7.02. The highest BCUT2D eigenvalue weighted by atomic mass is 32.2. The fourth-order valence-electron chi connectivity index (χ4n) is 2.98. The van der Waals surface area contributed by atoms with Gasteiger partial charge in [0.15, 0.2) is 5.96 Å². The summed E-state index contributed by atoms with van der Waals surface area (Å²) in [7, 11) is 1.71. The zero-order valence-electron chi connectivity index (χ0n) is 15.3. The molecule has 2 N–H and O–H groups in total. The van der Waals surface area contributed by atoms with Gasteiger partial charge in [0.2, 0.25) is 5.91 Å². The summed E-state index contributed by atoms with van der Waals surface area (Å²) in [6.45, 7) is 3.53. The molecule has 0 bridgehead atoms. The average molecular weight is 367 g/mol. The summed E-state index contributed by atoms with van der Waals surface area (Å²) >= 11 is 1.81. The zero-order chi connectivity index (χ0) is 17.9. The maximum Gasteiger partial charge on any atom is 0.220 e. The van der Waals surface area contributed by atoms with E-state index in [1.54, 1.807) is 13.3 Å². The largest absolute Gasteiger partial charge is 0.469 e. The van der Waals surface area contributed by atoms with Gasteiger partial charge in [-0.25, -0.2) is 0 Å². The van der Waals surface area contributed by atoms with Gasteiger partial charge in [-0.3, -0.25) is 9.79 Å². The second kappa shape index (κ2) is 11.1. The number of guanidine groups is 1. The molecule has 0 radical (unpaired) electrons. The predicted molar refractivity (Wildman–Crippen MR) is 104 cm³/mol. The van der Waals surface area contributed by atoms with Crippen LogP contribution < -0.4 is 10.6 Å². The van der Waals surface area contributed by atoms with Gasteiger partial charge in [0, 0.05) is 45.3 Å². The fraction of sp³-hybridized carbons (Fsp3) is 0.667. The molecule has 1 aromatic heterocycles. The standard InChI is InChI=1S/C18H30N4O2S/c1-19-17(23)14-15-6-10-22(11-7-15)18(21-9-13-25-2)20-8-5-16-4-3-12-24-16/h3-4,12,15H,5-11,13-14H2,1-2H3,(H,19,23)(H,20,21). The molecule has 2 rings (SSSR count). The van der Waals surface area contributed by atoms with E-state index in [4.69, 9.17) is 9.41 Å². The Morgan fingerprint density at radius 3 is 2.88 bits per heavy atom. The maximum atomic E-state index is 11.6. The van der Waals surface area contributed by atoms with E-state index >= 15 is 0 Å². The van der Waals surface area contributed by atoms with Gasteiger partial charge in [0.05, 0.1) is 12.8 Å². The number of likely N-dealkylation sites (tertiary alicyclic amines) is 1. The maximum absolute atomic E-state index is 11.6. The number of carbonyl (C=O) groups is 1. The molecule has 0 unspecified atom stereocenters. The van der Waals surface area contributed by atoms with Crippen LogP contribution >= 0.6 is 11.8 Å². The van der Waals surface area contributed by atoms with Crippen LogP contribution in [-0.2, 0) is 11.2 Å². The normalized spacial score (nSPS) is 16.1. The number of amides is 1. The van der Waals surface area contributed by atoms with E-state index in [1.165, 1.54) is 0 Å². The first-order valence-corrected chi connectivity index (χ1v) is 10.4. The molecule has 0 aliphatic carbocycles. The average Bonchev–Trinajstić information content (AvgIpc) is 3.14. The number of furan rings is 1. The highest BCUT2D eigenvalue weighted by Crippen LogP contribution is 2.20. The van der Waals surface area contributed by atoms with Gasteiger partial charge >= 0.3 is 0 Å². The highest BCUT2D eigenvalue weighted by Gasteiger charge is 2.23. The molecule has 0 spiro atoms. The highest BCUT2D eigenvalue weighted by molar-refractivity contribution is 7.98. The second-order valence-electron chi connectivity index (χ2n) is 6.26. The monoisotopic (exact) mass is 366 g/mol. The summed E-state index contributed by atoms with van der Waals surface area (Å²) in [5.74, 6) is 3.62. The van der Waals surface area contributed by atoms with Crippen molar-refractivity contribution in [1.29, 1.82) is 0 Å². The number of carbonyl (C=O) groups excluding carboxylic acids is 1. The minimum absolute atomic E-state index is 0.142. The van der Waals surface area contributed by atoms with Gasteiger partial charge in [-0.15, -0.1) is 0 Å². The number of hydrogen-bond acceptors (Lipinski definition) is 4. The topological polar surface area (TPSA) is 69.9 Å². The Morgan fingerprint density at radius 2 is 2.24 bits per heavy atom. The smallest absolute Gasteiger partial charge is 0.220 e. The number of piperidine rings is 1. The van der Waals surface area contributed by atoms with Crippen molar-refractivity contribution in [3.05, 3.63) is 24.2 Å². The van der Waals surface area contributed by atoms with Gasteiger partial charge in [-0.2, -0.15) is 11.8 Å². The molecular formula is C18H30N4O2S. The number of thioether (sulfide) groups is 1. The van der Waals surface area contributed by atoms with Crippen LogP contribution in [0.25, 0.3) is 0 Å². The van der Waals surface area contributed by atoms with E-state index in [2.05, 4.69) is 21.8 Å². The molecule has 1 amide bonds. The lowest BCUT2D eigenvalue weighted by Crippen LogP contribution is -2.46. The summed E-state index contributed by atoms with van der Waals surface area (Å²) in [6, 6.07) is 3.91. The van der Waals surface area contributed by atoms with Crippen LogP contribution in [0.3, 0.4) is 0 Å². The first-order chi connectivity index (χ1) is 12.2. The van der Waals surface area contributed by atoms with Crippen LogP contribution in [0.15, 0.2) is 27.8 Å². The van der Waals surface area contributed by atoms with Crippen molar-refractivity contribution >= 4 is 23.6 Å². The SMILES string of the molecule is CNC(=O)CC1CCN(C(=NCCSC)NCCc2ccco2)CC1. The molecule has 1 saturated heterocycles. The molecule has 1 aromatic rings. The molecule has 25 heavy (non-hydrogen) atoms. The molecule has 0 saturated carbocycles. The third-order valence-electron chi connectivity index (χ3n) is 4.46. The molecule has 2 heterocycles. The predicted octanol–water partition coefficient (Wildman–Crippen LogP) is 1.98. The van der Waals surface area contributed by atoms with Crippen molar-refractivity contribution < 1.29 is 9.21 Å². The molecule has 0 atom stereocenters. The van der Waals surface area contributed by atoms with E-state index in [-0.39, 0.29) is 5.91 Å². The van der Waals surface area contributed by atoms with Crippen LogP contribution in [0.1, 0.15) is 25.0 Å². The summed E-state index contributed by atoms with van der Waals surface area (Å²) in [6.07, 6.45) is 7.37. The zero-order valence-corrected chi connectivity index (χ0v) is 16.1. The summed E-state index contributed by atoms with van der Waals surface area (Å²) in [5, 5.41) is 6.20. The van der Waals surface area contributed by atoms with Crippen LogP contribution in [-0.4, -0.2) is 62.0 Å². The molecule has 0 aromatic carbocycles. The molecule has 7 heteroatoms. The van der Waals surface area contributed by atoms with E-state index in [9.17, 15) is 4.79 Å². The Balaban J connectivity index is 1.83. The summed E-state index contributed by atoms with van der Waals surface area (Å²) in [5.41, 5.74) is 0. The van der Waals surface area contributed by atoms with Crippen molar-refractivity contribution in [2.24, 2.45) is 10.9 Å². The molecule has 1 aliphatic rings. The number of hydrogen-bond donors (Lipinski definition) is 2. The van der Waals surface area contributed by atoms with Crippen LogP contribution in [0.2, 0.25) is 0 Å². The first-order valence-electron chi connectivity index (χ1n) is 8.98. The Kier molecular flexibility index (Phi) is 8.72. The Morgan fingerprint density at radius 1 is 1.44 bits per heavy atom. The van der Waals surface area contributed by atoms with Crippen LogP contribution in [0.4, 0.5) is 0 Å². The van der Waals surface area contributed by atoms with Crippen molar-refractivity contribution in [3.8, 4) is 0 Å². The molecule has 140 valence electrons. The lowest BCUT2D eigenvalue weighted by molar-refractivity contribution is -0.121. The van der Waals surface area contributed by atoms with E-state index in [0.29, 0.717) is 12.3 Å². The van der Waals surface area contributed by atoms with E-state index in [1.807, 2.05) is 23.9 Å². The van der Waals surface area contributed by atoms with Crippen molar-refractivity contribution in [1.82, 2.24) is 15.5 Å². The lowest BCUT2D eigenvalue weighted by atomic mass is 9.93. The number of rotatable bonds is 8. The minimum Gasteiger partial charge on any atom is -0.469 e. The van der Waals surface area contributed by atoms with Crippen molar-refractivity contribution in [3.63, 3.8) is 0 Å². The Hall–Kier alpha value is -1.63. The van der Waals surface area contributed by atoms with Gasteiger partial charge in [-0.05, 0) is 37.1 Å². The van der Waals surface area contributed by atoms with Gasteiger partial charge in [-0.1, -0.05) is 0 Å². The van der Waals surface area contributed by atoms with Gasteiger partial charge in [0.25, 0.3) is 0 Å². The van der Waals surface area contributed by atoms with Crippen LogP contribution in [0, 0.1) is 5.92 Å². The minimum atomic E-state index is 0.142. The van der Waals surface area contributed by atoms with E-state index in [0.717, 1.165) is 62.9 Å². The van der Waals surface area contributed by atoms with Gasteiger partial charge in [0.1, 0.15) is 5.76 Å².